The van der Waals surface area contributed by atoms with Crippen molar-refractivity contribution in [3.8, 4) is 0 Å². The van der Waals surface area contributed by atoms with E-state index in [1.54, 1.807) is 14.2 Å². The quantitative estimate of drug-likeness (QED) is 0.363. The van der Waals surface area contributed by atoms with Gasteiger partial charge in [-0.1, -0.05) is 0 Å². The fourth-order valence-electron chi connectivity index (χ4n) is 3.40. The van der Waals surface area contributed by atoms with Crippen LogP contribution in [0.1, 0.15) is 30.9 Å². The van der Waals surface area contributed by atoms with Crippen LogP contribution in [0.4, 0.5) is 0 Å². The number of aliphatic imine (C=N–C) groups is 1. The second-order valence-electron chi connectivity index (χ2n) is 7.10. The number of methoxy groups -OCH3 is 1. The van der Waals surface area contributed by atoms with E-state index in [-0.39, 0.29) is 0 Å². The number of hydrogen-bond donors (Lipinski definition) is 2. The van der Waals surface area contributed by atoms with Gasteiger partial charge in [0.15, 0.2) is 11.8 Å². The van der Waals surface area contributed by atoms with Gasteiger partial charge in [-0.2, -0.15) is 5.10 Å². The summed E-state index contributed by atoms with van der Waals surface area (Å²) in [5, 5.41) is 11.4. The zero-order valence-corrected chi connectivity index (χ0v) is 16.4. The van der Waals surface area contributed by atoms with E-state index < -0.39 is 0 Å². The first-order valence-corrected chi connectivity index (χ1v) is 9.82. The lowest BCUT2D eigenvalue weighted by atomic mass is 10.1. The number of fused-ring (bicyclic) bond motifs is 1. The Morgan fingerprint density at radius 3 is 3.11 bits per heavy atom. The molecule has 0 aliphatic carbocycles. The molecule has 1 aromatic heterocycles. The summed E-state index contributed by atoms with van der Waals surface area (Å²) in [4.78, 5) is 8.84. The number of hydrogen-bond acceptors (Lipinski definition) is 6. The van der Waals surface area contributed by atoms with Crippen molar-refractivity contribution in [3.63, 3.8) is 0 Å². The van der Waals surface area contributed by atoms with Crippen LogP contribution in [-0.4, -0.2) is 73.9 Å². The molecule has 1 saturated heterocycles. The minimum absolute atomic E-state index is 0.291. The normalized spacial score (nSPS) is 22.7. The Bertz CT molecular complexity index is 600. The molecule has 2 aliphatic heterocycles. The molecule has 2 unspecified atom stereocenters. The van der Waals surface area contributed by atoms with Crippen LogP contribution in [0.2, 0.25) is 0 Å². The van der Waals surface area contributed by atoms with Crippen molar-refractivity contribution in [1.82, 2.24) is 25.4 Å². The highest BCUT2D eigenvalue weighted by atomic mass is 16.5. The van der Waals surface area contributed by atoms with Crippen molar-refractivity contribution < 1.29 is 14.2 Å². The number of rotatable bonds is 9. The third kappa shape index (κ3) is 6.15. The predicted octanol–water partition coefficient (Wildman–Crippen LogP) is 0.348. The molecule has 9 heteroatoms. The molecule has 0 radical (unpaired) electrons. The topological polar surface area (TPSA) is 94.8 Å². The van der Waals surface area contributed by atoms with Gasteiger partial charge in [-0.15, -0.1) is 0 Å². The SMILES string of the molecule is CN=C(NCCCOCC1CCOC1)NC1CCc2nc(COC)nn2C1. The summed E-state index contributed by atoms with van der Waals surface area (Å²) in [6.07, 6.45) is 3.99. The molecule has 1 fully saturated rings. The number of aryl methyl sites for hydroxylation is 1. The smallest absolute Gasteiger partial charge is 0.191 e. The van der Waals surface area contributed by atoms with Gasteiger partial charge in [0.05, 0.1) is 19.8 Å². The van der Waals surface area contributed by atoms with Crippen molar-refractivity contribution in [3.05, 3.63) is 11.6 Å². The Morgan fingerprint density at radius 2 is 2.33 bits per heavy atom. The average molecular weight is 380 g/mol. The van der Waals surface area contributed by atoms with Crippen LogP contribution in [0.15, 0.2) is 4.99 Å². The second kappa shape index (κ2) is 10.6. The van der Waals surface area contributed by atoms with Gasteiger partial charge < -0.3 is 24.8 Å². The first kappa shape index (κ1) is 20.0. The molecule has 3 heterocycles. The molecule has 9 nitrogen and oxygen atoms in total. The Morgan fingerprint density at radius 1 is 1.41 bits per heavy atom. The molecule has 2 N–H and O–H groups in total. The van der Waals surface area contributed by atoms with Gasteiger partial charge in [0, 0.05) is 52.3 Å². The molecule has 0 bridgehead atoms. The van der Waals surface area contributed by atoms with Gasteiger partial charge in [-0.3, -0.25) is 4.99 Å². The molecule has 2 atom stereocenters. The van der Waals surface area contributed by atoms with Crippen LogP contribution in [0.5, 0.6) is 0 Å². The third-order valence-electron chi connectivity index (χ3n) is 4.88. The molecule has 0 amide bonds. The van der Waals surface area contributed by atoms with E-state index in [1.165, 1.54) is 0 Å². The standard InChI is InChI=1S/C18H32N6O3/c1-19-18(20-7-3-8-26-11-14-6-9-27-12-14)21-15-4-5-17-22-16(13-25-2)23-24(17)10-15/h14-15H,3-13H2,1-2H3,(H2,19,20,21). The van der Waals surface area contributed by atoms with Gasteiger partial charge in [0.1, 0.15) is 12.4 Å². The summed E-state index contributed by atoms with van der Waals surface area (Å²) < 4.78 is 18.2. The van der Waals surface area contributed by atoms with Crippen LogP contribution in [-0.2, 0) is 33.8 Å². The van der Waals surface area contributed by atoms with Crippen molar-refractivity contribution >= 4 is 5.96 Å². The van der Waals surface area contributed by atoms with E-state index in [1.807, 2.05) is 4.68 Å². The molecular formula is C18H32N6O3. The van der Waals surface area contributed by atoms with Gasteiger partial charge >= 0.3 is 0 Å². The van der Waals surface area contributed by atoms with Crippen LogP contribution in [0.25, 0.3) is 0 Å². The van der Waals surface area contributed by atoms with E-state index in [2.05, 4.69) is 25.7 Å². The Hall–Kier alpha value is -1.71. The summed E-state index contributed by atoms with van der Waals surface area (Å²) in [7, 11) is 3.46. The molecule has 2 aliphatic rings. The second-order valence-corrected chi connectivity index (χ2v) is 7.10. The first-order chi connectivity index (χ1) is 13.3. The van der Waals surface area contributed by atoms with Gasteiger partial charge in [0.2, 0.25) is 0 Å². The third-order valence-corrected chi connectivity index (χ3v) is 4.88. The number of nitrogens with one attached hydrogen (secondary N) is 2. The molecule has 27 heavy (non-hydrogen) atoms. The summed E-state index contributed by atoms with van der Waals surface area (Å²) >= 11 is 0. The Balaban J connectivity index is 1.32. The van der Waals surface area contributed by atoms with Gasteiger partial charge in [-0.25, -0.2) is 9.67 Å². The highest BCUT2D eigenvalue weighted by Gasteiger charge is 2.22. The molecule has 0 saturated carbocycles. The minimum atomic E-state index is 0.291. The van der Waals surface area contributed by atoms with Gasteiger partial charge in [-0.05, 0) is 19.3 Å². The van der Waals surface area contributed by atoms with Crippen LogP contribution in [0, 0.1) is 5.92 Å². The van der Waals surface area contributed by atoms with E-state index in [9.17, 15) is 0 Å². The van der Waals surface area contributed by atoms with Crippen LogP contribution >= 0.6 is 0 Å². The molecule has 0 aromatic carbocycles. The van der Waals surface area contributed by atoms with E-state index >= 15 is 0 Å². The summed E-state index contributed by atoms with van der Waals surface area (Å²) in [6, 6.07) is 0.291. The van der Waals surface area contributed by atoms with E-state index in [0.717, 1.165) is 82.8 Å². The van der Waals surface area contributed by atoms with Crippen molar-refractivity contribution in [2.24, 2.45) is 10.9 Å². The zero-order chi connectivity index (χ0) is 18.9. The van der Waals surface area contributed by atoms with E-state index in [4.69, 9.17) is 14.2 Å². The predicted molar refractivity (Wildman–Crippen MR) is 102 cm³/mol. The van der Waals surface area contributed by atoms with Crippen LogP contribution in [0.3, 0.4) is 0 Å². The van der Waals surface area contributed by atoms with E-state index in [0.29, 0.717) is 18.6 Å². The minimum Gasteiger partial charge on any atom is -0.381 e. The van der Waals surface area contributed by atoms with Crippen molar-refractivity contribution in [2.75, 3.05) is 47.1 Å². The fraction of sp³-hybridized carbons (Fsp3) is 0.833. The van der Waals surface area contributed by atoms with Crippen LogP contribution < -0.4 is 10.6 Å². The zero-order valence-electron chi connectivity index (χ0n) is 16.4. The molecule has 3 rings (SSSR count). The maximum Gasteiger partial charge on any atom is 0.191 e. The van der Waals surface area contributed by atoms with Crippen molar-refractivity contribution in [1.29, 1.82) is 0 Å². The molecule has 1 aromatic rings. The summed E-state index contributed by atoms with van der Waals surface area (Å²) in [5.41, 5.74) is 0. The Labute approximate surface area is 160 Å². The number of ether oxygens (including phenoxy) is 3. The lowest BCUT2D eigenvalue weighted by molar-refractivity contribution is 0.0888. The number of nitrogens with zero attached hydrogens (tertiary/aromatic N) is 4. The van der Waals surface area contributed by atoms with Gasteiger partial charge in [0.25, 0.3) is 0 Å². The molecule has 0 spiro atoms. The number of guanidine groups is 1. The monoisotopic (exact) mass is 380 g/mol. The number of aromatic nitrogens is 3. The molecule has 152 valence electrons. The highest BCUT2D eigenvalue weighted by Crippen LogP contribution is 2.14. The first-order valence-electron chi connectivity index (χ1n) is 9.82. The molecular weight excluding hydrogens is 348 g/mol. The highest BCUT2D eigenvalue weighted by molar-refractivity contribution is 5.79. The summed E-state index contributed by atoms with van der Waals surface area (Å²) in [6.45, 7) is 5.37. The Kier molecular flexibility index (Phi) is 7.85. The lowest BCUT2D eigenvalue weighted by Gasteiger charge is -2.25. The lowest BCUT2D eigenvalue weighted by Crippen LogP contribution is -2.47. The van der Waals surface area contributed by atoms with Crippen molar-refractivity contribution in [2.45, 2.75) is 44.9 Å². The summed E-state index contributed by atoms with van der Waals surface area (Å²) in [5.74, 6) is 3.18. The largest absolute Gasteiger partial charge is 0.381 e. The average Bonchev–Trinajstić information content (AvgIpc) is 3.32. The maximum absolute atomic E-state index is 5.74. The fourth-order valence-corrected chi connectivity index (χ4v) is 3.40. The maximum atomic E-state index is 5.74.